The highest BCUT2D eigenvalue weighted by Gasteiger charge is 2.14. The van der Waals surface area contributed by atoms with Gasteiger partial charge in [0.15, 0.2) is 0 Å². The van der Waals surface area contributed by atoms with E-state index in [0.717, 1.165) is 10.2 Å². The van der Waals surface area contributed by atoms with Gasteiger partial charge in [0.05, 0.1) is 34.1 Å². The molecule has 1 heterocycles. The molecule has 6 heteroatoms. The van der Waals surface area contributed by atoms with Crippen molar-refractivity contribution in [2.45, 2.75) is 0 Å². The number of esters is 1. The summed E-state index contributed by atoms with van der Waals surface area (Å²) < 4.78 is 5.65. The molecule has 3 rings (SSSR count). The predicted octanol–water partition coefficient (Wildman–Crippen LogP) is 3.34. The summed E-state index contributed by atoms with van der Waals surface area (Å²) in [4.78, 5) is 28.3. The molecule has 1 amide bonds. The zero-order chi connectivity index (χ0) is 15.5. The van der Waals surface area contributed by atoms with Gasteiger partial charge in [0.2, 0.25) is 0 Å². The van der Waals surface area contributed by atoms with Crippen LogP contribution in [0.1, 0.15) is 20.7 Å². The van der Waals surface area contributed by atoms with Crippen molar-refractivity contribution in [2.24, 2.45) is 0 Å². The minimum Gasteiger partial charge on any atom is -0.465 e. The lowest BCUT2D eigenvalue weighted by molar-refractivity contribution is 0.0602. The van der Waals surface area contributed by atoms with Gasteiger partial charge in [-0.05, 0) is 30.3 Å². The van der Waals surface area contributed by atoms with E-state index in [0.29, 0.717) is 16.8 Å². The van der Waals surface area contributed by atoms with Gasteiger partial charge in [-0.25, -0.2) is 9.78 Å². The van der Waals surface area contributed by atoms with E-state index in [-0.39, 0.29) is 5.91 Å². The number of nitrogens with one attached hydrogen (secondary N) is 1. The number of rotatable bonds is 3. The minimum absolute atomic E-state index is 0.286. The molecule has 0 bridgehead atoms. The average Bonchev–Trinajstić information content (AvgIpc) is 3.02. The van der Waals surface area contributed by atoms with E-state index >= 15 is 0 Å². The Hall–Kier alpha value is -2.73. The number of carbonyl (C=O) groups excluding carboxylic acids is 2. The van der Waals surface area contributed by atoms with E-state index in [1.807, 2.05) is 0 Å². The molecule has 5 nitrogen and oxygen atoms in total. The SMILES string of the molecule is COC(=O)c1ccccc1NC(=O)c1ccc2ncsc2c1. The molecule has 2 aromatic carbocycles. The number of benzene rings is 2. The first-order chi connectivity index (χ1) is 10.7. The highest BCUT2D eigenvalue weighted by atomic mass is 32.1. The molecule has 0 radical (unpaired) electrons. The lowest BCUT2D eigenvalue weighted by Gasteiger charge is -2.09. The molecule has 3 aromatic rings. The van der Waals surface area contributed by atoms with Crippen molar-refractivity contribution in [2.75, 3.05) is 12.4 Å². The molecular weight excluding hydrogens is 300 g/mol. The van der Waals surface area contributed by atoms with Crippen molar-refractivity contribution in [3.8, 4) is 0 Å². The van der Waals surface area contributed by atoms with Gasteiger partial charge >= 0.3 is 5.97 Å². The highest BCUT2D eigenvalue weighted by molar-refractivity contribution is 7.16. The molecule has 0 saturated heterocycles. The third kappa shape index (κ3) is 2.68. The molecule has 1 aromatic heterocycles. The smallest absolute Gasteiger partial charge is 0.339 e. The Balaban J connectivity index is 1.89. The Morgan fingerprint density at radius 3 is 2.82 bits per heavy atom. The maximum absolute atomic E-state index is 12.4. The number of nitrogens with zero attached hydrogens (tertiary/aromatic N) is 1. The maximum atomic E-state index is 12.4. The number of aromatic nitrogens is 1. The van der Waals surface area contributed by atoms with Gasteiger partial charge in [-0.15, -0.1) is 11.3 Å². The zero-order valence-electron chi connectivity index (χ0n) is 11.7. The summed E-state index contributed by atoms with van der Waals surface area (Å²) in [7, 11) is 1.30. The standard InChI is InChI=1S/C16H12N2O3S/c1-21-16(20)11-4-2-3-5-12(11)18-15(19)10-6-7-13-14(8-10)22-9-17-13/h2-9H,1H3,(H,18,19). The van der Waals surface area contributed by atoms with Crippen LogP contribution in [0.5, 0.6) is 0 Å². The topological polar surface area (TPSA) is 68.3 Å². The lowest BCUT2D eigenvalue weighted by Crippen LogP contribution is -2.15. The van der Waals surface area contributed by atoms with Crippen molar-refractivity contribution in [3.05, 3.63) is 59.1 Å². The fourth-order valence-electron chi connectivity index (χ4n) is 2.07. The second kappa shape index (κ2) is 5.95. The van der Waals surface area contributed by atoms with Crippen LogP contribution < -0.4 is 5.32 Å². The van der Waals surface area contributed by atoms with Crippen molar-refractivity contribution in [1.82, 2.24) is 4.98 Å². The van der Waals surface area contributed by atoms with E-state index in [9.17, 15) is 9.59 Å². The molecule has 110 valence electrons. The summed E-state index contributed by atoms with van der Waals surface area (Å²) in [6, 6.07) is 12.0. The van der Waals surface area contributed by atoms with E-state index < -0.39 is 5.97 Å². The molecule has 0 aliphatic heterocycles. The Morgan fingerprint density at radius 2 is 2.00 bits per heavy atom. The summed E-state index contributed by atoms with van der Waals surface area (Å²) in [6.07, 6.45) is 0. The van der Waals surface area contributed by atoms with Crippen LogP contribution in [0.25, 0.3) is 10.2 Å². The van der Waals surface area contributed by atoms with Crippen LogP contribution >= 0.6 is 11.3 Å². The Kier molecular flexibility index (Phi) is 3.84. The second-order valence-corrected chi connectivity index (χ2v) is 5.41. The minimum atomic E-state index is -0.492. The number of amides is 1. The molecule has 0 fully saturated rings. The van der Waals surface area contributed by atoms with Gasteiger partial charge in [0, 0.05) is 5.56 Å². The predicted molar refractivity (Wildman–Crippen MR) is 85.4 cm³/mol. The number of hydrogen-bond donors (Lipinski definition) is 1. The van der Waals surface area contributed by atoms with Crippen molar-refractivity contribution >= 4 is 39.1 Å². The van der Waals surface area contributed by atoms with Gasteiger partial charge in [-0.3, -0.25) is 4.79 Å². The number of anilines is 1. The van der Waals surface area contributed by atoms with Crippen LogP contribution in [0.3, 0.4) is 0 Å². The zero-order valence-corrected chi connectivity index (χ0v) is 12.5. The van der Waals surface area contributed by atoms with Crippen LogP contribution in [0.2, 0.25) is 0 Å². The third-order valence-electron chi connectivity index (χ3n) is 3.17. The van der Waals surface area contributed by atoms with Gasteiger partial charge in [0.1, 0.15) is 0 Å². The third-order valence-corrected chi connectivity index (χ3v) is 3.97. The Labute approximate surface area is 130 Å². The summed E-state index contributed by atoms with van der Waals surface area (Å²) in [6.45, 7) is 0. The first-order valence-corrected chi connectivity index (χ1v) is 7.39. The normalized spacial score (nSPS) is 10.4. The molecule has 0 spiro atoms. The lowest BCUT2D eigenvalue weighted by atomic mass is 10.1. The summed E-state index contributed by atoms with van der Waals surface area (Å²) in [5, 5.41) is 2.74. The van der Waals surface area contributed by atoms with Crippen molar-refractivity contribution in [3.63, 3.8) is 0 Å². The first kappa shape index (κ1) is 14.2. The van der Waals surface area contributed by atoms with E-state index in [1.54, 1.807) is 48.0 Å². The van der Waals surface area contributed by atoms with E-state index in [1.165, 1.54) is 18.4 Å². The monoisotopic (exact) mass is 312 g/mol. The molecular formula is C16H12N2O3S. The number of methoxy groups -OCH3 is 1. The number of ether oxygens (including phenoxy) is 1. The number of carbonyl (C=O) groups is 2. The molecule has 0 aliphatic carbocycles. The molecule has 0 unspecified atom stereocenters. The highest BCUT2D eigenvalue weighted by Crippen LogP contribution is 2.21. The average molecular weight is 312 g/mol. The molecule has 0 saturated carbocycles. The second-order valence-electron chi connectivity index (χ2n) is 4.53. The number of thiazole rings is 1. The number of hydrogen-bond acceptors (Lipinski definition) is 5. The molecule has 0 atom stereocenters. The number of fused-ring (bicyclic) bond motifs is 1. The van der Waals surface area contributed by atoms with Gasteiger partial charge in [0.25, 0.3) is 5.91 Å². The summed E-state index contributed by atoms with van der Waals surface area (Å²) >= 11 is 1.47. The van der Waals surface area contributed by atoms with E-state index in [2.05, 4.69) is 10.3 Å². The summed E-state index contributed by atoms with van der Waals surface area (Å²) in [5.74, 6) is -0.777. The quantitative estimate of drug-likeness (QED) is 0.753. The van der Waals surface area contributed by atoms with Crippen molar-refractivity contribution in [1.29, 1.82) is 0 Å². The van der Waals surface area contributed by atoms with E-state index in [4.69, 9.17) is 4.74 Å². The van der Waals surface area contributed by atoms with Gasteiger partial charge in [-0.2, -0.15) is 0 Å². The largest absolute Gasteiger partial charge is 0.465 e. The first-order valence-electron chi connectivity index (χ1n) is 6.51. The molecule has 0 aliphatic rings. The fraction of sp³-hybridized carbons (Fsp3) is 0.0625. The van der Waals surface area contributed by atoms with Crippen LogP contribution in [0.15, 0.2) is 48.0 Å². The molecule has 22 heavy (non-hydrogen) atoms. The van der Waals surface area contributed by atoms with Gasteiger partial charge < -0.3 is 10.1 Å². The Morgan fingerprint density at radius 1 is 1.18 bits per heavy atom. The van der Waals surface area contributed by atoms with Crippen LogP contribution in [0.4, 0.5) is 5.69 Å². The number of para-hydroxylation sites is 1. The summed E-state index contributed by atoms with van der Waals surface area (Å²) in [5.41, 5.74) is 3.84. The maximum Gasteiger partial charge on any atom is 0.339 e. The Bertz CT molecular complexity index is 857. The molecule has 1 N–H and O–H groups in total. The fourth-order valence-corrected chi connectivity index (χ4v) is 2.79. The van der Waals surface area contributed by atoms with Crippen LogP contribution in [-0.2, 0) is 4.74 Å². The van der Waals surface area contributed by atoms with Crippen LogP contribution in [0, 0.1) is 0 Å². The van der Waals surface area contributed by atoms with Crippen molar-refractivity contribution < 1.29 is 14.3 Å². The van der Waals surface area contributed by atoms with Gasteiger partial charge in [-0.1, -0.05) is 12.1 Å². The van der Waals surface area contributed by atoms with Crippen LogP contribution in [-0.4, -0.2) is 24.0 Å².